The lowest BCUT2D eigenvalue weighted by atomic mass is 10.0. The number of nitrogens with one attached hydrogen (secondary N) is 1. The normalized spacial score (nSPS) is 14.8. The third-order valence-electron chi connectivity index (χ3n) is 3.00. The highest BCUT2D eigenvalue weighted by Gasteiger charge is 2.12. The Labute approximate surface area is 119 Å². The van der Waals surface area contributed by atoms with Gasteiger partial charge in [0.15, 0.2) is 0 Å². The summed E-state index contributed by atoms with van der Waals surface area (Å²) < 4.78 is 1.10. The van der Waals surface area contributed by atoms with Crippen molar-refractivity contribution in [3.63, 3.8) is 0 Å². The summed E-state index contributed by atoms with van der Waals surface area (Å²) in [7, 11) is 0. The number of rotatable bonds is 7. The highest BCUT2D eigenvalue weighted by molar-refractivity contribution is 9.10. The molecular formula is C15H24BrNO. The van der Waals surface area contributed by atoms with E-state index in [0.29, 0.717) is 18.5 Å². The van der Waals surface area contributed by atoms with Crippen molar-refractivity contribution >= 4 is 15.9 Å². The highest BCUT2D eigenvalue weighted by Crippen LogP contribution is 2.20. The third-order valence-corrected chi connectivity index (χ3v) is 3.50. The number of aliphatic hydroxyl groups excluding tert-OH is 1. The Morgan fingerprint density at radius 1 is 1.33 bits per heavy atom. The van der Waals surface area contributed by atoms with Gasteiger partial charge in [0.2, 0.25) is 0 Å². The summed E-state index contributed by atoms with van der Waals surface area (Å²) in [6.45, 7) is 7.08. The molecular weight excluding hydrogens is 290 g/mol. The van der Waals surface area contributed by atoms with Crippen LogP contribution in [0.15, 0.2) is 28.7 Å². The van der Waals surface area contributed by atoms with E-state index in [4.69, 9.17) is 0 Å². The topological polar surface area (TPSA) is 32.3 Å². The van der Waals surface area contributed by atoms with Crippen LogP contribution in [-0.2, 0) is 0 Å². The minimum Gasteiger partial charge on any atom is -0.392 e. The SMILES string of the molecule is CCC(NCC(O)CC(C)C)c1cccc(Br)c1. The fraction of sp³-hybridized carbons (Fsp3) is 0.600. The predicted octanol–water partition coefficient (Wildman–Crippen LogP) is 3.90. The zero-order chi connectivity index (χ0) is 13.5. The van der Waals surface area contributed by atoms with Gasteiger partial charge in [0.25, 0.3) is 0 Å². The van der Waals surface area contributed by atoms with E-state index in [1.165, 1.54) is 5.56 Å². The van der Waals surface area contributed by atoms with Gasteiger partial charge >= 0.3 is 0 Å². The first-order valence-corrected chi connectivity index (χ1v) is 7.49. The zero-order valence-electron chi connectivity index (χ0n) is 11.5. The molecule has 2 atom stereocenters. The van der Waals surface area contributed by atoms with E-state index in [1.54, 1.807) is 0 Å². The van der Waals surface area contributed by atoms with Crippen LogP contribution in [0.4, 0.5) is 0 Å². The van der Waals surface area contributed by atoms with Gasteiger partial charge in [-0.3, -0.25) is 0 Å². The minimum atomic E-state index is -0.258. The Morgan fingerprint density at radius 3 is 2.61 bits per heavy atom. The van der Waals surface area contributed by atoms with Crippen LogP contribution in [0.3, 0.4) is 0 Å². The van der Waals surface area contributed by atoms with E-state index >= 15 is 0 Å². The van der Waals surface area contributed by atoms with E-state index in [0.717, 1.165) is 17.3 Å². The van der Waals surface area contributed by atoms with E-state index in [1.807, 2.05) is 12.1 Å². The van der Waals surface area contributed by atoms with Gasteiger partial charge in [0.1, 0.15) is 0 Å². The predicted molar refractivity (Wildman–Crippen MR) is 80.6 cm³/mol. The molecule has 2 unspecified atom stereocenters. The number of aliphatic hydroxyl groups is 1. The molecule has 1 aromatic rings. The molecule has 1 aromatic carbocycles. The van der Waals surface area contributed by atoms with Crippen molar-refractivity contribution in [3.8, 4) is 0 Å². The maximum atomic E-state index is 9.89. The number of halogens is 1. The maximum Gasteiger partial charge on any atom is 0.0667 e. The van der Waals surface area contributed by atoms with Gasteiger partial charge in [-0.15, -0.1) is 0 Å². The average Bonchev–Trinajstić information content (AvgIpc) is 2.29. The summed E-state index contributed by atoms with van der Waals surface area (Å²) in [6, 6.07) is 8.65. The molecule has 2 nitrogen and oxygen atoms in total. The molecule has 0 aliphatic heterocycles. The van der Waals surface area contributed by atoms with Crippen LogP contribution < -0.4 is 5.32 Å². The fourth-order valence-corrected chi connectivity index (χ4v) is 2.54. The van der Waals surface area contributed by atoms with Crippen molar-refractivity contribution in [1.29, 1.82) is 0 Å². The lowest BCUT2D eigenvalue weighted by molar-refractivity contribution is 0.142. The standard InChI is InChI=1S/C15H24BrNO/c1-4-15(12-6-5-7-13(16)9-12)17-10-14(18)8-11(2)3/h5-7,9,11,14-15,17-18H,4,8,10H2,1-3H3. The molecule has 0 radical (unpaired) electrons. The monoisotopic (exact) mass is 313 g/mol. The quantitative estimate of drug-likeness (QED) is 0.800. The number of hydrogen-bond acceptors (Lipinski definition) is 2. The van der Waals surface area contributed by atoms with E-state index in [-0.39, 0.29) is 6.10 Å². The Balaban J connectivity index is 2.52. The van der Waals surface area contributed by atoms with Gasteiger partial charge < -0.3 is 10.4 Å². The molecule has 3 heteroatoms. The molecule has 102 valence electrons. The Kier molecular flexibility index (Phi) is 6.90. The first-order chi connectivity index (χ1) is 8.52. The van der Waals surface area contributed by atoms with Crippen LogP contribution in [0.2, 0.25) is 0 Å². The minimum absolute atomic E-state index is 0.258. The largest absolute Gasteiger partial charge is 0.392 e. The van der Waals surface area contributed by atoms with Crippen molar-refractivity contribution in [2.75, 3.05) is 6.54 Å². The molecule has 0 aliphatic rings. The van der Waals surface area contributed by atoms with Crippen molar-refractivity contribution in [2.45, 2.75) is 45.8 Å². The summed E-state index contributed by atoms with van der Waals surface area (Å²) >= 11 is 3.50. The fourth-order valence-electron chi connectivity index (χ4n) is 2.13. The zero-order valence-corrected chi connectivity index (χ0v) is 13.1. The van der Waals surface area contributed by atoms with Crippen LogP contribution in [0.1, 0.15) is 45.2 Å². The molecule has 0 aromatic heterocycles. The summed E-state index contributed by atoms with van der Waals surface area (Å²) in [5.41, 5.74) is 1.27. The van der Waals surface area contributed by atoms with Crippen LogP contribution in [0, 0.1) is 5.92 Å². The van der Waals surface area contributed by atoms with E-state index in [9.17, 15) is 5.11 Å². The Bertz CT molecular complexity index is 354. The van der Waals surface area contributed by atoms with E-state index < -0.39 is 0 Å². The molecule has 0 spiro atoms. The number of benzene rings is 1. The Hall–Kier alpha value is -0.380. The van der Waals surface area contributed by atoms with Crippen molar-refractivity contribution in [1.82, 2.24) is 5.32 Å². The smallest absolute Gasteiger partial charge is 0.0667 e. The van der Waals surface area contributed by atoms with Crippen molar-refractivity contribution < 1.29 is 5.11 Å². The molecule has 0 bridgehead atoms. The summed E-state index contributed by atoms with van der Waals surface area (Å²) in [4.78, 5) is 0. The molecule has 0 amide bonds. The summed E-state index contributed by atoms with van der Waals surface area (Å²) in [5, 5.41) is 13.3. The van der Waals surface area contributed by atoms with Crippen LogP contribution >= 0.6 is 15.9 Å². The molecule has 0 fully saturated rings. The second kappa shape index (κ2) is 7.93. The maximum absolute atomic E-state index is 9.89. The van der Waals surface area contributed by atoms with Gasteiger partial charge in [-0.1, -0.05) is 48.8 Å². The van der Waals surface area contributed by atoms with Gasteiger partial charge in [-0.05, 0) is 36.5 Å². The molecule has 2 N–H and O–H groups in total. The molecule has 0 heterocycles. The summed E-state index contributed by atoms with van der Waals surface area (Å²) in [5.74, 6) is 0.535. The van der Waals surface area contributed by atoms with E-state index in [2.05, 4.69) is 54.2 Å². The molecule has 0 saturated carbocycles. The average molecular weight is 314 g/mol. The lowest BCUT2D eigenvalue weighted by Gasteiger charge is -2.21. The van der Waals surface area contributed by atoms with Crippen molar-refractivity contribution in [3.05, 3.63) is 34.3 Å². The molecule has 0 saturated heterocycles. The van der Waals surface area contributed by atoms with Gasteiger partial charge in [-0.25, -0.2) is 0 Å². The lowest BCUT2D eigenvalue weighted by Crippen LogP contribution is -2.31. The number of hydrogen-bond donors (Lipinski definition) is 2. The molecule has 0 aliphatic carbocycles. The second-order valence-electron chi connectivity index (χ2n) is 5.21. The third kappa shape index (κ3) is 5.51. The van der Waals surface area contributed by atoms with Gasteiger partial charge in [0.05, 0.1) is 6.10 Å². The first kappa shape index (κ1) is 15.7. The van der Waals surface area contributed by atoms with Crippen LogP contribution in [-0.4, -0.2) is 17.8 Å². The van der Waals surface area contributed by atoms with Gasteiger partial charge in [-0.2, -0.15) is 0 Å². The molecule has 1 rings (SSSR count). The van der Waals surface area contributed by atoms with Gasteiger partial charge in [0, 0.05) is 17.1 Å². The second-order valence-corrected chi connectivity index (χ2v) is 6.12. The van der Waals surface area contributed by atoms with Crippen LogP contribution in [0.25, 0.3) is 0 Å². The highest BCUT2D eigenvalue weighted by atomic mass is 79.9. The van der Waals surface area contributed by atoms with Crippen LogP contribution in [0.5, 0.6) is 0 Å². The first-order valence-electron chi connectivity index (χ1n) is 6.69. The Morgan fingerprint density at radius 2 is 2.06 bits per heavy atom. The summed E-state index contributed by atoms with van der Waals surface area (Å²) in [6.07, 6.45) is 1.61. The molecule has 18 heavy (non-hydrogen) atoms. The van der Waals surface area contributed by atoms with Crippen molar-refractivity contribution in [2.24, 2.45) is 5.92 Å².